The predicted molar refractivity (Wildman–Crippen MR) is 80.9 cm³/mol. The van der Waals surface area contributed by atoms with Gasteiger partial charge in [0.1, 0.15) is 11.2 Å². The number of nitrogens with zero attached hydrogens (tertiary/aromatic N) is 2. The van der Waals surface area contributed by atoms with Crippen LogP contribution in [0.5, 0.6) is 0 Å². The highest BCUT2D eigenvalue weighted by molar-refractivity contribution is 8.77. The molecular weight excluding hydrogens is 300 g/mol. The number of hydrogen-bond donors (Lipinski definition) is 1. The van der Waals surface area contributed by atoms with Gasteiger partial charge in [0.15, 0.2) is 0 Å². The fourth-order valence-corrected chi connectivity index (χ4v) is 3.39. The van der Waals surface area contributed by atoms with Crippen molar-refractivity contribution >= 4 is 27.3 Å². The standard InChI is InChI=1S/C12H18N2O4S2/c1-12(2,5-7-18-8-6-15)20-19-11-4-3-10(9-13-11)14(16)17/h3-4,9,15H,5-8H2,1-2H3. The van der Waals surface area contributed by atoms with Crippen molar-refractivity contribution in [3.63, 3.8) is 0 Å². The lowest BCUT2D eigenvalue weighted by molar-refractivity contribution is -0.385. The Kier molecular flexibility index (Phi) is 7.28. The number of aliphatic hydroxyl groups is 1. The van der Waals surface area contributed by atoms with Crippen molar-refractivity contribution in [3.05, 3.63) is 28.4 Å². The van der Waals surface area contributed by atoms with Crippen LogP contribution in [0.3, 0.4) is 0 Å². The van der Waals surface area contributed by atoms with E-state index in [-0.39, 0.29) is 17.0 Å². The van der Waals surface area contributed by atoms with Crippen LogP contribution in [0.15, 0.2) is 23.4 Å². The predicted octanol–water partition coefficient (Wildman–Crippen LogP) is 2.91. The third kappa shape index (κ3) is 6.56. The molecule has 112 valence electrons. The molecule has 0 saturated heterocycles. The Bertz CT molecular complexity index is 426. The lowest BCUT2D eigenvalue weighted by Crippen LogP contribution is -2.17. The molecule has 0 aliphatic heterocycles. The Morgan fingerprint density at radius 1 is 1.45 bits per heavy atom. The van der Waals surface area contributed by atoms with Gasteiger partial charge in [-0.3, -0.25) is 10.1 Å². The number of pyridine rings is 1. The van der Waals surface area contributed by atoms with Gasteiger partial charge in [-0.15, -0.1) is 0 Å². The zero-order valence-electron chi connectivity index (χ0n) is 11.4. The van der Waals surface area contributed by atoms with Gasteiger partial charge >= 0.3 is 0 Å². The van der Waals surface area contributed by atoms with E-state index >= 15 is 0 Å². The second-order valence-electron chi connectivity index (χ2n) is 4.62. The third-order valence-electron chi connectivity index (χ3n) is 2.37. The molecule has 0 amide bonds. The summed E-state index contributed by atoms with van der Waals surface area (Å²) in [6, 6.07) is 3.10. The van der Waals surface area contributed by atoms with Gasteiger partial charge in [0.2, 0.25) is 0 Å². The van der Waals surface area contributed by atoms with Crippen LogP contribution < -0.4 is 0 Å². The van der Waals surface area contributed by atoms with E-state index in [2.05, 4.69) is 18.8 Å². The molecule has 1 heterocycles. The topological polar surface area (TPSA) is 85.5 Å². The van der Waals surface area contributed by atoms with Gasteiger partial charge in [-0.2, -0.15) is 0 Å². The number of nitro groups is 1. The molecule has 0 aliphatic rings. The van der Waals surface area contributed by atoms with Crippen LogP contribution in [0, 0.1) is 10.1 Å². The first kappa shape index (κ1) is 17.2. The monoisotopic (exact) mass is 318 g/mol. The molecular formula is C12H18N2O4S2. The minimum absolute atomic E-state index is 0.00369. The van der Waals surface area contributed by atoms with E-state index in [4.69, 9.17) is 9.84 Å². The zero-order valence-corrected chi connectivity index (χ0v) is 13.1. The quantitative estimate of drug-likeness (QED) is 0.324. The van der Waals surface area contributed by atoms with Gasteiger partial charge in [0, 0.05) is 17.4 Å². The maximum absolute atomic E-state index is 10.5. The first-order valence-corrected chi connectivity index (χ1v) is 8.24. The van der Waals surface area contributed by atoms with E-state index in [0.29, 0.717) is 13.2 Å². The molecule has 0 aliphatic carbocycles. The van der Waals surface area contributed by atoms with Crippen LogP contribution in [0.25, 0.3) is 0 Å². The summed E-state index contributed by atoms with van der Waals surface area (Å²) in [7, 11) is 3.14. The molecule has 0 spiro atoms. The first-order chi connectivity index (χ1) is 9.44. The van der Waals surface area contributed by atoms with Crippen molar-refractivity contribution in [1.29, 1.82) is 0 Å². The molecule has 1 N–H and O–H groups in total. The van der Waals surface area contributed by atoms with Crippen molar-refractivity contribution in [2.45, 2.75) is 30.0 Å². The summed E-state index contributed by atoms with van der Waals surface area (Å²) in [5.74, 6) is 0. The summed E-state index contributed by atoms with van der Waals surface area (Å²) in [6.07, 6.45) is 2.11. The van der Waals surface area contributed by atoms with Crippen LogP contribution in [0.2, 0.25) is 0 Å². The minimum Gasteiger partial charge on any atom is -0.394 e. The molecule has 1 aromatic rings. The van der Waals surface area contributed by atoms with Gasteiger partial charge in [-0.25, -0.2) is 4.98 Å². The normalized spacial score (nSPS) is 11.6. The molecule has 1 aromatic heterocycles. The Hall–Kier alpha value is -0.830. The maximum Gasteiger partial charge on any atom is 0.287 e. The largest absolute Gasteiger partial charge is 0.394 e. The summed E-state index contributed by atoms with van der Waals surface area (Å²) < 4.78 is 5.24. The zero-order chi connectivity index (χ0) is 15.0. The number of ether oxygens (including phenoxy) is 1. The van der Waals surface area contributed by atoms with Crippen LogP contribution in [0.4, 0.5) is 5.69 Å². The molecule has 0 bridgehead atoms. The van der Waals surface area contributed by atoms with Gasteiger partial charge in [-0.05, 0) is 37.1 Å². The van der Waals surface area contributed by atoms with Gasteiger partial charge in [0.25, 0.3) is 5.69 Å². The van der Waals surface area contributed by atoms with Crippen molar-refractivity contribution in [3.8, 4) is 0 Å². The minimum atomic E-state index is -0.461. The van der Waals surface area contributed by atoms with Crippen molar-refractivity contribution in [2.24, 2.45) is 0 Å². The van der Waals surface area contributed by atoms with Crippen LogP contribution >= 0.6 is 21.6 Å². The lowest BCUT2D eigenvalue weighted by atomic mass is 10.1. The molecule has 6 nitrogen and oxygen atoms in total. The molecule has 0 radical (unpaired) electrons. The third-order valence-corrected chi connectivity index (χ3v) is 5.64. The molecule has 1 rings (SSSR count). The highest BCUT2D eigenvalue weighted by atomic mass is 33.1. The molecule has 0 aromatic carbocycles. The van der Waals surface area contributed by atoms with Crippen LogP contribution in [-0.4, -0.2) is 39.6 Å². The van der Waals surface area contributed by atoms with E-state index in [1.54, 1.807) is 16.9 Å². The Balaban J connectivity index is 2.38. The molecule has 0 saturated carbocycles. The van der Waals surface area contributed by atoms with Crippen molar-refractivity contribution in [2.75, 3.05) is 19.8 Å². The maximum atomic E-state index is 10.5. The average molecular weight is 318 g/mol. The summed E-state index contributed by atoms with van der Waals surface area (Å²) in [5.41, 5.74) is -0.00369. The van der Waals surface area contributed by atoms with E-state index in [9.17, 15) is 10.1 Å². The molecule has 8 heteroatoms. The lowest BCUT2D eigenvalue weighted by Gasteiger charge is -2.22. The van der Waals surface area contributed by atoms with Crippen LogP contribution in [0.1, 0.15) is 20.3 Å². The van der Waals surface area contributed by atoms with Crippen molar-refractivity contribution < 1.29 is 14.8 Å². The SMILES string of the molecule is CC(C)(CCOCCO)SSc1ccc([N+](=O)[O-])cn1. The molecule has 0 fully saturated rings. The fraction of sp³-hybridized carbons (Fsp3) is 0.583. The molecule has 0 atom stereocenters. The highest BCUT2D eigenvalue weighted by Gasteiger charge is 2.19. The van der Waals surface area contributed by atoms with E-state index in [0.717, 1.165) is 11.4 Å². The van der Waals surface area contributed by atoms with Crippen LogP contribution in [-0.2, 0) is 4.74 Å². The Morgan fingerprint density at radius 2 is 2.20 bits per heavy atom. The molecule has 0 unspecified atom stereocenters. The highest BCUT2D eigenvalue weighted by Crippen LogP contribution is 2.41. The Labute approximate surface area is 125 Å². The molecule has 20 heavy (non-hydrogen) atoms. The second-order valence-corrected chi connectivity index (χ2v) is 7.48. The van der Waals surface area contributed by atoms with Gasteiger partial charge < -0.3 is 9.84 Å². The van der Waals surface area contributed by atoms with Gasteiger partial charge in [0.05, 0.1) is 18.1 Å². The number of aliphatic hydroxyl groups excluding tert-OH is 1. The summed E-state index contributed by atoms with van der Waals surface area (Å²) >= 11 is 0. The van der Waals surface area contributed by atoms with Gasteiger partial charge in [-0.1, -0.05) is 10.8 Å². The second kappa shape index (κ2) is 8.46. The summed E-state index contributed by atoms with van der Waals surface area (Å²) in [6.45, 7) is 5.18. The van der Waals surface area contributed by atoms with E-state index in [1.165, 1.54) is 23.1 Å². The smallest absolute Gasteiger partial charge is 0.287 e. The fourth-order valence-electron chi connectivity index (χ4n) is 1.21. The van der Waals surface area contributed by atoms with Crippen molar-refractivity contribution in [1.82, 2.24) is 4.98 Å². The summed E-state index contributed by atoms with van der Waals surface area (Å²) in [4.78, 5) is 14.1. The number of rotatable bonds is 9. The summed E-state index contributed by atoms with van der Waals surface area (Å²) in [5, 5.41) is 19.9. The van der Waals surface area contributed by atoms with E-state index in [1.807, 2.05) is 0 Å². The van der Waals surface area contributed by atoms with E-state index < -0.39 is 4.92 Å². The first-order valence-electron chi connectivity index (χ1n) is 6.09. The Morgan fingerprint density at radius 3 is 2.75 bits per heavy atom. The number of hydrogen-bond acceptors (Lipinski definition) is 7. The number of aromatic nitrogens is 1. The average Bonchev–Trinajstić information content (AvgIpc) is 2.42.